The van der Waals surface area contributed by atoms with Gasteiger partial charge in [-0.1, -0.05) is 42.5 Å². The van der Waals surface area contributed by atoms with Crippen LogP contribution in [0.15, 0.2) is 85.6 Å². The fourth-order valence-electron chi connectivity index (χ4n) is 3.71. The molecule has 2 aromatic carbocycles. The molecule has 2 heterocycles. The van der Waals surface area contributed by atoms with Crippen molar-refractivity contribution in [3.05, 3.63) is 103 Å². The van der Waals surface area contributed by atoms with Gasteiger partial charge in [-0.2, -0.15) is 0 Å². The fourth-order valence-corrected chi connectivity index (χ4v) is 3.71. The molecule has 0 fully saturated rings. The summed E-state index contributed by atoms with van der Waals surface area (Å²) in [5, 5.41) is 3.01. The molecule has 0 aliphatic carbocycles. The lowest BCUT2D eigenvalue weighted by atomic mass is 10.1. The molecule has 0 saturated heterocycles. The number of para-hydroxylation sites is 3. The molecule has 1 amide bonds. The van der Waals surface area contributed by atoms with Crippen LogP contribution in [-0.2, 0) is 13.0 Å². The summed E-state index contributed by atoms with van der Waals surface area (Å²) < 4.78 is 8.21. The number of ether oxygens (including phenoxy) is 1. The highest BCUT2D eigenvalue weighted by atomic mass is 16.5. The first-order chi connectivity index (χ1) is 15.7. The standard InChI is InChI=1S/C26H26N4O2/c1-3-10-20-11-4-7-15-24(20)32-18-17-30-23-14-6-5-12-21(23)29-25(30)19(2)28-26(31)22-13-8-9-16-27-22/h3-9,11-16,19H,1,10,17-18H2,2H3,(H,28,31). The summed E-state index contributed by atoms with van der Waals surface area (Å²) in [6.07, 6.45) is 4.23. The van der Waals surface area contributed by atoms with Crippen LogP contribution < -0.4 is 10.1 Å². The third kappa shape index (κ3) is 4.70. The summed E-state index contributed by atoms with van der Waals surface area (Å²) in [4.78, 5) is 21.5. The zero-order valence-electron chi connectivity index (χ0n) is 18.1. The van der Waals surface area contributed by atoms with Crippen molar-refractivity contribution in [3.8, 4) is 5.75 Å². The number of hydrogen-bond acceptors (Lipinski definition) is 4. The van der Waals surface area contributed by atoms with Crippen LogP contribution >= 0.6 is 0 Å². The average Bonchev–Trinajstić information content (AvgIpc) is 3.20. The molecule has 4 rings (SSSR count). The van der Waals surface area contributed by atoms with Crippen LogP contribution in [0.1, 0.15) is 34.8 Å². The first-order valence-electron chi connectivity index (χ1n) is 10.7. The smallest absolute Gasteiger partial charge is 0.270 e. The lowest BCUT2D eigenvalue weighted by Gasteiger charge is -2.17. The Morgan fingerprint density at radius 1 is 1.12 bits per heavy atom. The highest BCUT2D eigenvalue weighted by molar-refractivity contribution is 5.92. The maximum absolute atomic E-state index is 12.6. The van der Waals surface area contributed by atoms with Gasteiger partial charge in [0.2, 0.25) is 0 Å². The van der Waals surface area contributed by atoms with E-state index in [2.05, 4.69) is 21.4 Å². The molecular weight excluding hydrogens is 400 g/mol. The summed E-state index contributed by atoms with van der Waals surface area (Å²) in [6.45, 7) is 6.83. The maximum atomic E-state index is 12.6. The van der Waals surface area contributed by atoms with Crippen LogP contribution in [0.3, 0.4) is 0 Å². The number of rotatable bonds is 9. The summed E-state index contributed by atoms with van der Waals surface area (Å²) >= 11 is 0. The zero-order valence-corrected chi connectivity index (χ0v) is 18.1. The van der Waals surface area contributed by atoms with Crippen LogP contribution in [0.2, 0.25) is 0 Å². The number of benzene rings is 2. The molecule has 0 saturated carbocycles. The quantitative estimate of drug-likeness (QED) is 0.393. The molecular formula is C26H26N4O2. The molecule has 1 unspecified atom stereocenters. The predicted octanol–water partition coefficient (Wildman–Crippen LogP) is 4.73. The number of nitrogens with one attached hydrogen (secondary N) is 1. The van der Waals surface area contributed by atoms with E-state index in [0.717, 1.165) is 34.6 Å². The van der Waals surface area contributed by atoms with Crippen molar-refractivity contribution in [1.82, 2.24) is 19.9 Å². The summed E-state index contributed by atoms with van der Waals surface area (Å²) in [5.41, 5.74) is 3.37. The third-order valence-corrected chi connectivity index (χ3v) is 5.23. The third-order valence-electron chi connectivity index (χ3n) is 5.23. The minimum Gasteiger partial charge on any atom is -0.491 e. The van der Waals surface area contributed by atoms with E-state index in [9.17, 15) is 4.79 Å². The van der Waals surface area contributed by atoms with Crippen molar-refractivity contribution in [1.29, 1.82) is 0 Å². The molecule has 2 aromatic heterocycles. The van der Waals surface area contributed by atoms with Gasteiger partial charge in [-0.25, -0.2) is 4.98 Å². The lowest BCUT2D eigenvalue weighted by Crippen LogP contribution is -2.29. The number of pyridine rings is 1. The highest BCUT2D eigenvalue weighted by Gasteiger charge is 2.19. The van der Waals surface area contributed by atoms with Crippen molar-refractivity contribution < 1.29 is 9.53 Å². The number of allylic oxidation sites excluding steroid dienone is 1. The van der Waals surface area contributed by atoms with Crippen LogP contribution in [0, 0.1) is 0 Å². The second kappa shape index (κ2) is 9.92. The monoisotopic (exact) mass is 426 g/mol. The Labute approximate surface area is 187 Å². The summed E-state index contributed by atoms with van der Waals surface area (Å²) in [6, 6.07) is 20.9. The maximum Gasteiger partial charge on any atom is 0.270 e. The van der Waals surface area contributed by atoms with Gasteiger partial charge in [0.1, 0.15) is 23.9 Å². The molecule has 1 atom stereocenters. The number of aromatic nitrogens is 3. The van der Waals surface area contributed by atoms with E-state index in [1.807, 2.05) is 61.5 Å². The van der Waals surface area contributed by atoms with Gasteiger partial charge in [0.15, 0.2) is 0 Å². The van der Waals surface area contributed by atoms with Gasteiger partial charge in [-0.15, -0.1) is 6.58 Å². The Morgan fingerprint density at radius 3 is 2.72 bits per heavy atom. The molecule has 4 aromatic rings. The number of amides is 1. The van der Waals surface area contributed by atoms with E-state index in [0.29, 0.717) is 18.8 Å². The van der Waals surface area contributed by atoms with Crippen molar-refractivity contribution in [2.24, 2.45) is 0 Å². The second-order valence-electron chi connectivity index (χ2n) is 7.47. The molecule has 0 aliphatic rings. The van der Waals surface area contributed by atoms with Crippen LogP contribution in [0.4, 0.5) is 0 Å². The molecule has 0 spiro atoms. The van der Waals surface area contributed by atoms with Gasteiger partial charge in [0.25, 0.3) is 5.91 Å². The number of imidazole rings is 1. The molecule has 32 heavy (non-hydrogen) atoms. The fraction of sp³-hybridized carbons (Fsp3) is 0.192. The van der Waals surface area contributed by atoms with Crippen molar-refractivity contribution in [3.63, 3.8) is 0 Å². The minimum absolute atomic E-state index is 0.230. The van der Waals surface area contributed by atoms with E-state index < -0.39 is 0 Å². The Balaban J connectivity index is 1.54. The van der Waals surface area contributed by atoms with Crippen LogP contribution in [0.5, 0.6) is 5.75 Å². The average molecular weight is 427 g/mol. The Hall–Kier alpha value is -3.93. The molecule has 0 radical (unpaired) electrons. The Kier molecular flexibility index (Phi) is 6.60. The van der Waals surface area contributed by atoms with Gasteiger partial charge in [-0.05, 0) is 49.2 Å². The van der Waals surface area contributed by atoms with E-state index in [-0.39, 0.29) is 11.9 Å². The summed E-state index contributed by atoms with van der Waals surface area (Å²) in [7, 11) is 0. The molecule has 0 aliphatic heterocycles. The predicted molar refractivity (Wildman–Crippen MR) is 126 cm³/mol. The van der Waals surface area contributed by atoms with Crippen molar-refractivity contribution in [2.45, 2.75) is 25.9 Å². The second-order valence-corrected chi connectivity index (χ2v) is 7.47. The van der Waals surface area contributed by atoms with E-state index >= 15 is 0 Å². The number of nitrogens with zero attached hydrogens (tertiary/aromatic N) is 3. The molecule has 6 heteroatoms. The highest BCUT2D eigenvalue weighted by Crippen LogP contribution is 2.22. The first kappa shape index (κ1) is 21.3. The van der Waals surface area contributed by atoms with Gasteiger partial charge >= 0.3 is 0 Å². The van der Waals surface area contributed by atoms with Gasteiger partial charge < -0.3 is 14.6 Å². The number of carbonyl (C=O) groups is 1. The van der Waals surface area contributed by atoms with Gasteiger partial charge in [0.05, 0.1) is 23.6 Å². The van der Waals surface area contributed by atoms with Gasteiger partial charge in [0, 0.05) is 6.20 Å². The van der Waals surface area contributed by atoms with E-state index in [1.54, 1.807) is 24.4 Å². The largest absolute Gasteiger partial charge is 0.491 e. The van der Waals surface area contributed by atoms with Crippen molar-refractivity contribution in [2.75, 3.05) is 6.61 Å². The van der Waals surface area contributed by atoms with Crippen LogP contribution in [-0.4, -0.2) is 27.0 Å². The zero-order chi connectivity index (χ0) is 22.3. The van der Waals surface area contributed by atoms with E-state index in [4.69, 9.17) is 9.72 Å². The van der Waals surface area contributed by atoms with Crippen molar-refractivity contribution >= 4 is 16.9 Å². The first-order valence-corrected chi connectivity index (χ1v) is 10.7. The van der Waals surface area contributed by atoms with E-state index in [1.165, 1.54) is 0 Å². The number of carbonyl (C=O) groups excluding carboxylic acids is 1. The number of fused-ring (bicyclic) bond motifs is 1. The Morgan fingerprint density at radius 2 is 1.91 bits per heavy atom. The normalized spacial score (nSPS) is 11.8. The SMILES string of the molecule is C=CCc1ccccc1OCCn1c(C(C)NC(=O)c2ccccn2)nc2ccccc21. The molecule has 162 valence electrons. The molecule has 1 N–H and O–H groups in total. The molecule has 0 bridgehead atoms. The lowest BCUT2D eigenvalue weighted by molar-refractivity contribution is 0.0932. The number of hydrogen-bond donors (Lipinski definition) is 1. The molecule has 6 nitrogen and oxygen atoms in total. The minimum atomic E-state index is -0.301. The van der Waals surface area contributed by atoms with Gasteiger partial charge in [-0.3, -0.25) is 9.78 Å². The van der Waals surface area contributed by atoms with Crippen LogP contribution in [0.25, 0.3) is 11.0 Å². The Bertz CT molecular complexity index is 1220. The topological polar surface area (TPSA) is 69.0 Å². The summed E-state index contributed by atoms with van der Waals surface area (Å²) in [5.74, 6) is 1.40.